The van der Waals surface area contributed by atoms with Crippen molar-refractivity contribution in [3.8, 4) is 5.75 Å². The summed E-state index contributed by atoms with van der Waals surface area (Å²) in [7, 11) is 1.37. The van der Waals surface area contributed by atoms with Crippen molar-refractivity contribution < 1.29 is 14.2 Å². The molecule has 0 radical (unpaired) electrons. The van der Waals surface area contributed by atoms with Gasteiger partial charge in [0.1, 0.15) is 5.60 Å². The molecule has 0 aliphatic carbocycles. The van der Waals surface area contributed by atoms with Crippen molar-refractivity contribution in [2.75, 3.05) is 7.11 Å². The van der Waals surface area contributed by atoms with Gasteiger partial charge >= 0.3 is 0 Å². The Balaban J connectivity index is 3.14. The zero-order chi connectivity index (χ0) is 10.1. The van der Waals surface area contributed by atoms with E-state index in [4.69, 9.17) is 4.74 Å². The van der Waals surface area contributed by atoms with E-state index in [1.54, 1.807) is 13.8 Å². The average Bonchev–Trinajstić information content (AvgIpc) is 2.03. The van der Waals surface area contributed by atoms with E-state index in [1.165, 1.54) is 13.2 Å². The van der Waals surface area contributed by atoms with Crippen LogP contribution in [-0.2, 0) is 5.60 Å². The van der Waals surface area contributed by atoms with Gasteiger partial charge in [-0.1, -0.05) is 0 Å². The Morgan fingerprint density at radius 3 is 2.62 bits per heavy atom. The molecule has 1 aromatic rings. The lowest BCUT2D eigenvalue weighted by Gasteiger charge is -2.16. The molecule has 0 aromatic carbocycles. The highest BCUT2D eigenvalue weighted by molar-refractivity contribution is 5.26. The lowest BCUT2D eigenvalue weighted by atomic mass is 10.0. The van der Waals surface area contributed by atoms with Gasteiger partial charge in [0.25, 0.3) is 0 Å². The predicted molar refractivity (Wildman–Crippen MR) is 46.0 cm³/mol. The molecule has 72 valence electrons. The molecule has 3 nitrogen and oxygen atoms in total. The molecule has 0 amide bonds. The molecule has 0 saturated heterocycles. The number of nitrogens with zero attached hydrogens (tertiary/aromatic N) is 1. The Hall–Kier alpha value is -1.16. The Kier molecular flexibility index (Phi) is 2.52. The smallest absolute Gasteiger partial charge is 0.183 e. The van der Waals surface area contributed by atoms with E-state index in [1.807, 2.05) is 0 Å². The first-order valence-electron chi connectivity index (χ1n) is 3.87. The average molecular weight is 185 g/mol. The first-order chi connectivity index (χ1) is 5.95. The van der Waals surface area contributed by atoms with E-state index < -0.39 is 11.4 Å². The van der Waals surface area contributed by atoms with Crippen molar-refractivity contribution in [2.45, 2.75) is 19.4 Å². The Morgan fingerprint density at radius 1 is 1.54 bits per heavy atom. The zero-order valence-electron chi connectivity index (χ0n) is 7.84. The normalized spacial score (nSPS) is 11.5. The van der Waals surface area contributed by atoms with Crippen LogP contribution in [0.1, 0.15) is 19.5 Å². The number of aromatic nitrogens is 1. The molecule has 0 fully saturated rings. The fourth-order valence-corrected chi connectivity index (χ4v) is 0.911. The third kappa shape index (κ3) is 2.15. The molecular weight excluding hydrogens is 173 g/mol. The van der Waals surface area contributed by atoms with E-state index in [2.05, 4.69) is 4.98 Å². The van der Waals surface area contributed by atoms with Crippen LogP contribution in [0.5, 0.6) is 5.75 Å². The second-order valence-electron chi connectivity index (χ2n) is 3.26. The minimum Gasteiger partial charge on any atom is -0.494 e. The highest BCUT2D eigenvalue weighted by Crippen LogP contribution is 2.23. The van der Waals surface area contributed by atoms with Gasteiger partial charge in [-0.3, -0.25) is 4.98 Å². The Labute approximate surface area is 76.2 Å². The summed E-state index contributed by atoms with van der Waals surface area (Å²) in [5.41, 5.74) is -0.702. The zero-order valence-corrected chi connectivity index (χ0v) is 7.84. The van der Waals surface area contributed by atoms with Crippen LogP contribution in [-0.4, -0.2) is 17.2 Å². The van der Waals surface area contributed by atoms with Crippen molar-refractivity contribution in [1.29, 1.82) is 0 Å². The molecule has 0 unspecified atom stereocenters. The summed E-state index contributed by atoms with van der Waals surface area (Å²) < 4.78 is 17.6. The second-order valence-corrected chi connectivity index (χ2v) is 3.26. The van der Waals surface area contributed by atoms with Crippen LogP contribution in [0.15, 0.2) is 12.3 Å². The Bertz CT molecular complexity index is 307. The van der Waals surface area contributed by atoms with Gasteiger partial charge in [-0.15, -0.1) is 0 Å². The van der Waals surface area contributed by atoms with E-state index in [9.17, 15) is 9.50 Å². The highest BCUT2D eigenvalue weighted by Gasteiger charge is 2.19. The van der Waals surface area contributed by atoms with E-state index in [0.29, 0.717) is 5.69 Å². The van der Waals surface area contributed by atoms with Crippen LogP contribution in [0, 0.1) is 5.82 Å². The number of halogens is 1. The molecule has 13 heavy (non-hydrogen) atoms. The van der Waals surface area contributed by atoms with Crippen LogP contribution < -0.4 is 4.74 Å². The van der Waals surface area contributed by atoms with Gasteiger partial charge in [0, 0.05) is 6.07 Å². The van der Waals surface area contributed by atoms with Crippen molar-refractivity contribution in [3.63, 3.8) is 0 Å². The van der Waals surface area contributed by atoms with Crippen molar-refractivity contribution in [3.05, 3.63) is 23.8 Å². The third-order valence-corrected chi connectivity index (χ3v) is 1.67. The van der Waals surface area contributed by atoms with Crippen LogP contribution in [0.2, 0.25) is 0 Å². The van der Waals surface area contributed by atoms with Crippen molar-refractivity contribution in [2.24, 2.45) is 0 Å². The minimum absolute atomic E-state index is 0.0899. The largest absolute Gasteiger partial charge is 0.494 e. The van der Waals surface area contributed by atoms with Crippen LogP contribution >= 0.6 is 0 Å². The quantitative estimate of drug-likeness (QED) is 0.758. The van der Waals surface area contributed by atoms with Gasteiger partial charge < -0.3 is 9.84 Å². The monoisotopic (exact) mass is 185 g/mol. The van der Waals surface area contributed by atoms with E-state index in [-0.39, 0.29) is 5.75 Å². The van der Waals surface area contributed by atoms with Gasteiger partial charge in [-0.05, 0) is 13.8 Å². The van der Waals surface area contributed by atoms with Gasteiger partial charge in [0.15, 0.2) is 11.6 Å². The first kappa shape index (κ1) is 9.92. The molecule has 1 rings (SSSR count). The Morgan fingerprint density at radius 2 is 2.15 bits per heavy atom. The summed E-state index contributed by atoms with van der Waals surface area (Å²) in [5.74, 6) is -0.442. The molecule has 1 heterocycles. The molecule has 0 atom stereocenters. The molecule has 0 aliphatic heterocycles. The van der Waals surface area contributed by atoms with E-state index in [0.717, 1.165) is 6.20 Å². The van der Waals surface area contributed by atoms with Crippen molar-refractivity contribution >= 4 is 0 Å². The maximum Gasteiger partial charge on any atom is 0.183 e. The van der Waals surface area contributed by atoms with Gasteiger partial charge in [-0.25, -0.2) is 4.39 Å². The molecule has 0 saturated carbocycles. The van der Waals surface area contributed by atoms with Crippen LogP contribution in [0.4, 0.5) is 4.39 Å². The molecule has 4 heteroatoms. The number of pyridine rings is 1. The molecule has 0 aliphatic rings. The summed E-state index contributed by atoms with van der Waals surface area (Å²) >= 11 is 0. The lowest BCUT2D eigenvalue weighted by Crippen LogP contribution is -2.17. The molecule has 1 aromatic heterocycles. The third-order valence-electron chi connectivity index (χ3n) is 1.67. The van der Waals surface area contributed by atoms with Gasteiger partial charge in [-0.2, -0.15) is 0 Å². The molecular formula is C9H12FNO2. The number of rotatable bonds is 2. The molecule has 0 bridgehead atoms. The lowest BCUT2D eigenvalue weighted by molar-refractivity contribution is 0.0733. The van der Waals surface area contributed by atoms with E-state index >= 15 is 0 Å². The summed E-state index contributed by atoms with van der Waals surface area (Å²) in [6, 6.07) is 1.38. The summed E-state index contributed by atoms with van der Waals surface area (Å²) in [4.78, 5) is 3.75. The molecule has 1 N–H and O–H groups in total. The summed E-state index contributed by atoms with van der Waals surface area (Å²) in [5, 5.41) is 9.56. The maximum atomic E-state index is 12.9. The number of ether oxygens (including phenoxy) is 1. The summed E-state index contributed by atoms with van der Waals surface area (Å²) in [6.07, 6.45) is 1.03. The SMILES string of the molecule is COc1cc(C(C)(C)O)ncc1F. The maximum absolute atomic E-state index is 12.9. The minimum atomic E-state index is -1.08. The topological polar surface area (TPSA) is 42.4 Å². The van der Waals surface area contributed by atoms with Crippen LogP contribution in [0.3, 0.4) is 0 Å². The molecule has 0 spiro atoms. The second kappa shape index (κ2) is 3.30. The fraction of sp³-hybridized carbons (Fsp3) is 0.444. The van der Waals surface area contributed by atoms with Gasteiger partial charge in [0.2, 0.25) is 0 Å². The van der Waals surface area contributed by atoms with Gasteiger partial charge in [0.05, 0.1) is 19.0 Å². The highest BCUT2D eigenvalue weighted by atomic mass is 19.1. The first-order valence-corrected chi connectivity index (χ1v) is 3.87. The summed E-state index contributed by atoms with van der Waals surface area (Å²) in [6.45, 7) is 3.15. The predicted octanol–water partition coefficient (Wildman–Crippen LogP) is 1.46. The number of hydrogen-bond donors (Lipinski definition) is 1. The number of methoxy groups -OCH3 is 1. The standard InChI is InChI=1S/C9H12FNO2/c1-9(2,12)8-4-7(13-3)6(10)5-11-8/h4-5,12H,1-3H3. The van der Waals surface area contributed by atoms with Crippen molar-refractivity contribution in [1.82, 2.24) is 4.98 Å². The number of hydrogen-bond acceptors (Lipinski definition) is 3. The number of aliphatic hydroxyl groups is 1. The van der Waals surface area contributed by atoms with Crippen LogP contribution in [0.25, 0.3) is 0 Å². The fourth-order valence-electron chi connectivity index (χ4n) is 0.911.